The van der Waals surface area contributed by atoms with Crippen LogP contribution in [-0.2, 0) is 0 Å². The second kappa shape index (κ2) is 3.10. The molecule has 0 aromatic rings. The smallest absolute Gasteiger partial charge is 0.0157 e. The first kappa shape index (κ1) is 8.68. The van der Waals surface area contributed by atoms with Crippen LogP contribution in [-0.4, -0.2) is 5.25 Å². The summed E-state index contributed by atoms with van der Waals surface area (Å²) in [5.74, 6) is 2.79. The summed E-state index contributed by atoms with van der Waals surface area (Å²) in [6.07, 6.45) is 5.36. The van der Waals surface area contributed by atoms with Gasteiger partial charge in [-0.15, -0.1) is 11.8 Å². The van der Waals surface area contributed by atoms with Crippen molar-refractivity contribution in [1.29, 1.82) is 0 Å². The van der Waals surface area contributed by atoms with E-state index < -0.39 is 0 Å². The lowest BCUT2D eigenvalue weighted by Gasteiger charge is -2.34. The molecule has 1 heteroatoms. The van der Waals surface area contributed by atoms with E-state index in [0.29, 0.717) is 0 Å². The predicted molar refractivity (Wildman–Crippen MR) is 56.2 cm³/mol. The zero-order valence-electron chi connectivity index (χ0n) is 8.21. The average molecular weight is 182 g/mol. The van der Waals surface area contributed by atoms with Crippen molar-refractivity contribution < 1.29 is 0 Å². The molecule has 0 aromatic carbocycles. The van der Waals surface area contributed by atoms with E-state index in [1.54, 1.807) is 4.91 Å². The maximum absolute atomic E-state index is 2.50. The summed E-state index contributed by atoms with van der Waals surface area (Å²) in [4.78, 5) is 1.56. The summed E-state index contributed by atoms with van der Waals surface area (Å²) in [6, 6.07) is 0. The Morgan fingerprint density at radius 1 is 1.25 bits per heavy atom. The van der Waals surface area contributed by atoms with Gasteiger partial charge in [0.15, 0.2) is 0 Å². The molecule has 0 spiro atoms. The topological polar surface area (TPSA) is 0 Å². The molecule has 2 rings (SSSR count). The molecule has 1 aliphatic heterocycles. The monoisotopic (exact) mass is 182 g/mol. The first-order chi connectivity index (χ1) is 5.66. The minimum atomic E-state index is 0.904. The molecule has 1 saturated carbocycles. The summed E-state index contributed by atoms with van der Waals surface area (Å²) in [5, 5.41) is 0.927. The number of hydrogen-bond acceptors (Lipinski definition) is 1. The Morgan fingerprint density at radius 3 is 2.67 bits per heavy atom. The van der Waals surface area contributed by atoms with E-state index in [0.717, 1.165) is 23.0 Å². The first-order valence-corrected chi connectivity index (χ1v) is 5.90. The predicted octanol–water partition coefficient (Wildman–Crippen LogP) is 3.69. The van der Waals surface area contributed by atoms with Gasteiger partial charge in [-0.2, -0.15) is 0 Å². The van der Waals surface area contributed by atoms with Gasteiger partial charge in [0.05, 0.1) is 0 Å². The van der Waals surface area contributed by atoms with Crippen molar-refractivity contribution in [2.24, 2.45) is 17.8 Å². The van der Waals surface area contributed by atoms with Crippen LogP contribution < -0.4 is 0 Å². The van der Waals surface area contributed by atoms with Gasteiger partial charge in [0.2, 0.25) is 0 Å². The largest absolute Gasteiger partial charge is 0.127 e. The summed E-state index contributed by atoms with van der Waals surface area (Å²) >= 11 is 2.12. The molecular formula is C11H18S. The van der Waals surface area contributed by atoms with Crippen LogP contribution in [0.5, 0.6) is 0 Å². The molecule has 0 bridgehead atoms. The minimum absolute atomic E-state index is 0.904. The van der Waals surface area contributed by atoms with Gasteiger partial charge in [-0.05, 0) is 42.4 Å². The van der Waals surface area contributed by atoms with E-state index in [1.165, 1.54) is 12.8 Å². The normalized spacial score (nSPS) is 47.1. The van der Waals surface area contributed by atoms with E-state index in [-0.39, 0.29) is 0 Å². The molecule has 0 amide bonds. The molecule has 4 atom stereocenters. The zero-order valence-corrected chi connectivity index (χ0v) is 9.03. The fourth-order valence-electron chi connectivity index (χ4n) is 2.48. The Balaban J connectivity index is 2.07. The van der Waals surface area contributed by atoms with Gasteiger partial charge in [0.1, 0.15) is 0 Å². The van der Waals surface area contributed by atoms with Gasteiger partial charge >= 0.3 is 0 Å². The number of allylic oxidation sites excluding steroid dienone is 2. The highest BCUT2D eigenvalue weighted by atomic mass is 32.2. The summed E-state index contributed by atoms with van der Waals surface area (Å²) in [7, 11) is 0. The second-order valence-corrected chi connectivity index (χ2v) is 6.01. The lowest BCUT2D eigenvalue weighted by molar-refractivity contribution is 0.246. The molecule has 1 heterocycles. The van der Waals surface area contributed by atoms with Crippen LogP contribution >= 0.6 is 11.8 Å². The molecule has 68 valence electrons. The van der Waals surface area contributed by atoms with Crippen molar-refractivity contribution in [3.05, 3.63) is 11.0 Å². The van der Waals surface area contributed by atoms with Crippen LogP contribution in [0.4, 0.5) is 0 Å². The van der Waals surface area contributed by atoms with Crippen LogP contribution in [0.25, 0.3) is 0 Å². The van der Waals surface area contributed by atoms with Gasteiger partial charge < -0.3 is 0 Å². The molecule has 12 heavy (non-hydrogen) atoms. The summed E-state index contributed by atoms with van der Waals surface area (Å²) < 4.78 is 0. The SMILES string of the molecule is CC1=CC2CC(C)C(C)CC2S1. The van der Waals surface area contributed by atoms with E-state index in [4.69, 9.17) is 0 Å². The van der Waals surface area contributed by atoms with Crippen LogP contribution in [0.15, 0.2) is 11.0 Å². The quantitative estimate of drug-likeness (QED) is 0.550. The number of rotatable bonds is 0. The summed E-state index contributed by atoms with van der Waals surface area (Å²) in [5.41, 5.74) is 0. The van der Waals surface area contributed by atoms with Gasteiger partial charge in [-0.3, -0.25) is 0 Å². The maximum Gasteiger partial charge on any atom is 0.0157 e. The number of thioether (sulfide) groups is 1. The van der Waals surface area contributed by atoms with Crippen molar-refractivity contribution in [2.75, 3.05) is 0 Å². The molecule has 0 radical (unpaired) electrons. The maximum atomic E-state index is 2.50. The number of hydrogen-bond donors (Lipinski definition) is 0. The van der Waals surface area contributed by atoms with Crippen molar-refractivity contribution in [1.82, 2.24) is 0 Å². The third-order valence-corrected chi connectivity index (χ3v) is 4.84. The van der Waals surface area contributed by atoms with E-state index in [1.807, 2.05) is 0 Å². The third-order valence-electron chi connectivity index (χ3n) is 3.48. The molecule has 1 aliphatic carbocycles. The molecule has 0 saturated heterocycles. The van der Waals surface area contributed by atoms with Crippen LogP contribution in [0, 0.1) is 17.8 Å². The number of fused-ring (bicyclic) bond motifs is 1. The third kappa shape index (κ3) is 1.44. The van der Waals surface area contributed by atoms with Crippen molar-refractivity contribution >= 4 is 11.8 Å². The van der Waals surface area contributed by atoms with E-state index in [9.17, 15) is 0 Å². The molecule has 0 nitrogen and oxygen atoms in total. The standard InChI is InChI=1S/C11H18S/c1-7-4-10-6-9(3)12-11(10)5-8(7)2/h6-8,10-11H,4-5H2,1-3H3. The highest BCUT2D eigenvalue weighted by Crippen LogP contribution is 2.47. The molecule has 0 N–H and O–H groups in total. The zero-order chi connectivity index (χ0) is 8.72. The van der Waals surface area contributed by atoms with Gasteiger partial charge in [0.25, 0.3) is 0 Å². The molecular weight excluding hydrogens is 164 g/mol. The lowest BCUT2D eigenvalue weighted by atomic mass is 9.75. The first-order valence-electron chi connectivity index (χ1n) is 5.02. The second-order valence-electron chi connectivity index (χ2n) is 4.52. The Bertz CT molecular complexity index is 207. The highest BCUT2D eigenvalue weighted by Gasteiger charge is 2.35. The molecule has 4 unspecified atom stereocenters. The van der Waals surface area contributed by atoms with Crippen LogP contribution in [0.2, 0.25) is 0 Å². The minimum Gasteiger partial charge on any atom is -0.127 e. The van der Waals surface area contributed by atoms with Gasteiger partial charge in [-0.1, -0.05) is 19.9 Å². The van der Waals surface area contributed by atoms with Gasteiger partial charge in [-0.25, -0.2) is 0 Å². The van der Waals surface area contributed by atoms with E-state index in [2.05, 4.69) is 38.6 Å². The Labute approximate surface area is 79.8 Å². The summed E-state index contributed by atoms with van der Waals surface area (Å²) in [6.45, 7) is 7.08. The average Bonchev–Trinajstić information content (AvgIpc) is 2.30. The Morgan fingerprint density at radius 2 is 1.92 bits per heavy atom. The van der Waals surface area contributed by atoms with Crippen molar-refractivity contribution in [3.8, 4) is 0 Å². The lowest BCUT2D eigenvalue weighted by Crippen LogP contribution is -2.27. The fourth-order valence-corrected chi connectivity index (χ4v) is 3.97. The Kier molecular flexibility index (Phi) is 2.24. The Hall–Kier alpha value is 0.0900. The molecule has 1 fully saturated rings. The van der Waals surface area contributed by atoms with Crippen LogP contribution in [0.3, 0.4) is 0 Å². The molecule has 2 aliphatic rings. The van der Waals surface area contributed by atoms with E-state index >= 15 is 0 Å². The van der Waals surface area contributed by atoms with Crippen molar-refractivity contribution in [3.63, 3.8) is 0 Å². The van der Waals surface area contributed by atoms with Gasteiger partial charge in [0, 0.05) is 5.25 Å². The highest BCUT2D eigenvalue weighted by molar-refractivity contribution is 8.03. The fraction of sp³-hybridized carbons (Fsp3) is 0.818. The van der Waals surface area contributed by atoms with Crippen molar-refractivity contribution in [2.45, 2.75) is 38.9 Å². The molecule has 0 aromatic heterocycles. The van der Waals surface area contributed by atoms with Crippen LogP contribution in [0.1, 0.15) is 33.6 Å².